The molecule has 2 heterocycles. The van der Waals surface area contributed by atoms with E-state index in [2.05, 4.69) is 42.3 Å². The summed E-state index contributed by atoms with van der Waals surface area (Å²) >= 11 is 1.88. The van der Waals surface area contributed by atoms with Gasteiger partial charge >= 0.3 is 0 Å². The van der Waals surface area contributed by atoms with Gasteiger partial charge in [-0.3, -0.25) is 4.90 Å². The van der Waals surface area contributed by atoms with Crippen molar-refractivity contribution in [2.24, 2.45) is 0 Å². The van der Waals surface area contributed by atoms with Gasteiger partial charge in [0.05, 0.1) is 11.6 Å². The van der Waals surface area contributed by atoms with Gasteiger partial charge in [0.1, 0.15) is 0 Å². The first-order chi connectivity index (χ1) is 9.69. The summed E-state index contributed by atoms with van der Waals surface area (Å²) in [5.41, 5.74) is 4.78. The lowest BCUT2D eigenvalue weighted by molar-refractivity contribution is 0.191. The summed E-state index contributed by atoms with van der Waals surface area (Å²) in [5, 5.41) is 11.1. The zero-order valence-corrected chi connectivity index (χ0v) is 12.7. The zero-order valence-electron chi connectivity index (χ0n) is 11.9. The minimum absolute atomic E-state index is 0.486. The van der Waals surface area contributed by atoms with Crippen LogP contribution in [0.25, 0.3) is 0 Å². The Bertz CT molecular complexity index is 666. The van der Waals surface area contributed by atoms with Gasteiger partial charge in [0, 0.05) is 24.0 Å². The standard InChI is InChI=1S/C17H18N2S/c1-12-9-14(10-18)3-4-15(12)11-19-7-5-17-16(13(19)2)6-8-20-17/h3-4,6,8-9,13H,5,7,11H2,1-2H3. The van der Waals surface area contributed by atoms with E-state index in [0.717, 1.165) is 25.1 Å². The van der Waals surface area contributed by atoms with Gasteiger partial charge in [0.15, 0.2) is 0 Å². The summed E-state index contributed by atoms with van der Waals surface area (Å²) < 4.78 is 0. The second-order valence-electron chi connectivity index (χ2n) is 5.45. The summed E-state index contributed by atoms with van der Waals surface area (Å²) in [6.45, 7) is 6.48. The Morgan fingerprint density at radius 1 is 1.40 bits per heavy atom. The van der Waals surface area contributed by atoms with Crippen molar-refractivity contribution in [1.29, 1.82) is 5.26 Å². The van der Waals surface area contributed by atoms with Crippen LogP contribution in [-0.4, -0.2) is 11.4 Å². The monoisotopic (exact) mass is 282 g/mol. The molecule has 20 heavy (non-hydrogen) atoms. The normalized spacial score (nSPS) is 18.6. The van der Waals surface area contributed by atoms with E-state index in [4.69, 9.17) is 5.26 Å². The number of fused-ring (bicyclic) bond motifs is 1. The number of hydrogen-bond donors (Lipinski definition) is 0. The Morgan fingerprint density at radius 3 is 3.00 bits per heavy atom. The van der Waals surface area contributed by atoms with Crippen LogP contribution in [0.4, 0.5) is 0 Å². The fourth-order valence-corrected chi connectivity index (χ4v) is 3.90. The molecule has 2 nitrogen and oxygen atoms in total. The van der Waals surface area contributed by atoms with E-state index in [-0.39, 0.29) is 0 Å². The van der Waals surface area contributed by atoms with Gasteiger partial charge in [-0.15, -0.1) is 11.3 Å². The first-order valence-corrected chi connectivity index (χ1v) is 7.87. The predicted molar refractivity (Wildman–Crippen MR) is 82.7 cm³/mol. The Balaban J connectivity index is 1.81. The Hall–Kier alpha value is -1.63. The number of benzene rings is 1. The molecule has 1 aromatic carbocycles. The Labute approximate surface area is 124 Å². The molecule has 0 amide bonds. The van der Waals surface area contributed by atoms with Gasteiger partial charge in [-0.2, -0.15) is 5.26 Å². The summed E-state index contributed by atoms with van der Waals surface area (Å²) in [6.07, 6.45) is 1.16. The lowest BCUT2D eigenvalue weighted by Gasteiger charge is -2.34. The van der Waals surface area contributed by atoms with Gasteiger partial charge in [0.25, 0.3) is 0 Å². The van der Waals surface area contributed by atoms with E-state index in [1.807, 2.05) is 23.5 Å². The van der Waals surface area contributed by atoms with Crippen LogP contribution in [-0.2, 0) is 13.0 Å². The van der Waals surface area contributed by atoms with Crippen LogP contribution < -0.4 is 0 Å². The van der Waals surface area contributed by atoms with Gasteiger partial charge in [-0.1, -0.05) is 6.07 Å². The number of rotatable bonds is 2. The van der Waals surface area contributed by atoms with Crippen molar-refractivity contribution in [3.8, 4) is 6.07 Å². The molecule has 1 aromatic heterocycles. The molecule has 0 spiro atoms. The zero-order chi connectivity index (χ0) is 14.1. The minimum Gasteiger partial charge on any atom is -0.292 e. The van der Waals surface area contributed by atoms with Crippen LogP contribution in [0.5, 0.6) is 0 Å². The predicted octanol–water partition coefficient (Wildman–Crippen LogP) is 4.05. The SMILES string of the molecule is Cc1cc(C#N)ccc1CN1CCc2sccc2C1C. The number of hydrogen-bond acceptors (Lipinski definition) is 3. The molecule has 1 unspecified atom stereocenters. The molecule has 0 fully saturated rings. The molecule has 1 aliphatic rings. The lowest BCUT2D eigenvalue weighted by Crippen LogP contribution is -2.32. The van der Waals surface area contributed by atoms with Crippen LogP contribution in [0, 0.1) is 18.3 Å². The van der Waals surface area contributed by atoms with Gasteiger partial charge < -0.3 is 0 Å². The molecular weight excluding hydrogens is 264 g/mol. The van der Waals surface area contributed by atoms with E-state index < -0.39 is 0 Å². The van der Waals surface area contributed by atoms with Gasteiger partial charge in [-0.25, -0.2) is 0 Å². The van der Waals surface area contributed by atoms with Crippen molar-refractivity contribution < 1.29 is 0 Å². The second kappa shape index (κ2) is 5.40. The van der Waals surface area contributed by atoms with Crippen LogP contribution in [0.1, 0.15) is 40.1 Å². The van der Waals surface area contributed by atoms with Crippen molar-refractivity contribution >= 4 is 11.3 Å². The third-order valence-corrected chi connectivity index (χ3v) is 5.25. The Kier molecular flexibility index (Phi) is 3.60. The number of nitrogens with zero attached hydrogens (tertiary/aromatic N) is 2. The van der Waals surface area contributed by atoms with Crippen molar-refractivity contribution in [1.82, 2.24) is 4.90 Å². The molecule has 0 saturated heterocycles. The molecule has 0 radical (unpaired) electrons. The van der Waals surface area contributed by atoms with Gasteiger partial charge in [0.2, 0.25) is 0 Å². The molecule has 1 aliphatic heterocycles. The van der Waals surface area contributed by atoms with Crippen LogP contribution in [0.15, 0.2) is 29.6 Å². The summed E-state index contributed by atoms with van der Waals surface area (Å²) in [5.74, 6) is 0. The molecule has 0 bridgehead atoms. The average molecular weight is 282 g/mol. The van der Waals surface area contributed by atoms with Crippen molar-refractivity contribution in [3.05, 3.63) is 56.8 Å². The third kappa shape index (κ3) is 2.37. The molecule has 0 saturated carbocycles. The molecule has 3 rings (SSSR count). The molecule has 3 heteroatoms. The van der Waals surface area contributed by atoms with Crippen LogP contribution >= 0.6 is 11.3 Å². The van der Waals surface area contributed by atoms with Crippen LogP contribution in [0.2, 0.25) is 0 Å². The molecule has 2 aromatic rings. The third-order valence-electron chi connectivity index (χ3n) is 4.25. The minimum atomic E-state index is 0.486. The lowest BCUT2D eigenvalue weighted by atomic mass is 9.99. The highest BCUT2D eigenvalue weighted by Crippen LogP contribution is 2.33. The molecular formula is C17H18N2S. The second-order valence-corrected chi connectivity index (χ2v) is 6.45. The maximum absolute atomic E-state index is 8.94. The van der Waals surface area contributed by atoms with Crippen molar-refractivity contribution in [2.75, 3.05) is 6.54 Å². The summed E-state index contributed by atoms with van der Waals surface area (Å²) in [4.78, 5) is 4.08. The van der Waals surface area contributed by atoms with Crippen LogP contribution in [0.3, 0.4) is 0 Å². The maximum Gasteiger partial charge on any atom is 0.0991 e. The van der Waals surface area contributed by atoms with Gasteiger partial charge in [-0.05, 0) is 60.5 Å². The fourth-order valence-electron chi connectivity index (χ4n) is 2.94. The topological polar surface area (TPSA) is 27.0 Å². The first kappa shape index (κ1) is 13.4. The fraction of sp³-hybridized carbons (Fsp3) is 0.353. The van der Waals surface area contributed by atoms with E-state index in [1.54, 1.807) is 4.88 Å². The average Bonchev–Trinajstić information content (AvgIpc) is 2.93. The largest absolute Gasteiger partial charge is 0.292 e. The smallest absolute Gasteiger partial charge is 0.0991 e. The van der Waals surface area contributed by atoms with Crippen molar-refractivity contribution in [2.45, 2.75) is 32.9 Å². The first-order valence-electron chi connectivity index (χ1n) is 6.99. The molecule has 0 aliphatic carbocycles. The quantitative estimate of drug-likeness (QED) is 0.831. The summed E-state index contributed by atoms with van der Waals surface area (Å²) in [6, 6.07) is 11.0. The number of nitriles is 1. The highest BCUT2D eigenvalue weighted by molar-refractivity contribution is 7.10. The van der Waals surface area contributed by atoms with E-state index in [1.165, 1.54) is 16.7 Å². The highest BCUT2D eigenvalue weighted by atomic mass is 32.1. The molecule has 1 atom stereocenters. The summed E-state index contributed by atoms with van der Waals surface area (Å²) in [7, 11) is 0. The molecule has 102 valence electrons. The Morgan fingerprint density at radius 2 is 2.25 bits per heavy atom. The number of aryl methyl sites for hydroxylation is 1. The maximum atomic E-state index is 8.94. The van der Waals surface area contributed by atoms with E-state index >= 15 is 0 Å². The van der Waals surface area contributed by atoms with Crippen molar-refractivity contribution in [3.63, 3.8) is 0 Å². The number of thiophene rings is 1. The highest BCUT2D eigenvalue weighted by Gasteiger charge is 2.24. The molecule has 0 N–H and O–H groups in total. The van der Waals surface area contributed by atoms with E-state index in [0.29, 0.717) is 6.04 Å². The van der Waals surface area contributed by atoms with E-state index in [9.17, 15) is 0 Å².